The van der Waals surface area contributed by atoms with E-state index in [0.717, 1.165) is 50.0 Å². The molecule has 2 fully saturated rings. The fraction of sp³-hybridized carbons (Fsp3) is 0.556. The summed E-state index contributed by atoms with van der Waals surface area (Å²) < 4.78 is 0. The van der Waals surface area contributed by atoms with Crippen molar-refractivity contribution in [2.24, 2.45) is 11.8 Å². The number of aryl methyl sites for hydroxylation is 1. The van der Waals surface area contributed by atoms with E-state index in [1.807, 2.05) is 36.9 Å². The van der Waals surface area contributed by atoms with Gasteiger partial charge in [-0.15, -0.1) is 0 Å². The number of anilines is 1. The zero-order valence-corrected chi connectivity index (χ0v) is 13.4. The average Bonchev–Trinajstić information content (AvgIpc) is 3.36. The standard InChI is InChI=1S/C18H24N2O2/c1-12-4-3-5-16(13(12)2)19-17(21)14-8-10-20(11-9-14)18(22)15-6-7-15/h3-5,14-15H,6-11H2,1-2H3,(H,19,21). The molecular weight excluding hydrogens is 276 g/mol. The van der Waals surface area contributed by atoms with E-state index in [1.165, 1.54) is 5.56 Å². The molecule has 0 unspecified atom stereocenters. The molecule has 2 amide bonds. The molecule has 1 heterocycles. The molecule has 22 heavy (non-hydrogen) atoms. The normalized spacial score (nSPS) is 19.1. The fourth-order valence-corrected chi connectivity index (χ4v) is 3.07. The van der Waals surface area contributed by atoms with E-state index >= 15 is 0 Å². The van der Waals surface area contributed by atoms with Crippen molar-refractivity contribution >= 4 is 17.5 Å². The molecular formula is C18H24N2O2. The predicted molar refractivity (Wildman–Crippen MR) is 86.6 cm³/mol. The maximum Gasteiger partial charge on any atom is 0.227 e. The summed E-state index contributed by atoms with van der Waals surface area (Å²) in [5.41, 5.74) is 3.21. The first-order valence-corrected chi connectivity index (χ1v) is 8.22. The number of hydrogen-bond donors (Lipinski definition) is 1. The van der Waals surface area contributed by atoms with Crippen molar-refractivity contribution in [2.45, 2.75) is 39.5 Å². The van der Waals surface area contributed by atoms with E-state index in [0.29, 0.717) is 5.91 Å². The highest BCUT2D eigenvalue weighted by atomic mass is 16.2. The average molecular weight is 300 g/mol. The van der Waals surface area contributed by atoms with Crippen molar-refractivity contribution in [1.29, 1.82) is 0 Å². The first-order valence-electron chi connectivity index (χ1n) is 8.22. The molecule has 1 aliphatic heterocycles. The van der Waals surface area contributed by atoms with Crippen molar-refractivity contribution in [3.05, 3.63) is 29.3 Å². The Morgan fingerprint density at radius 3 is 2.36 bits per heavy atom. The monoisotopic (exact) mass is 300 g/mol. The van der Waals surface area contributed by atoms with Crippen LogP contribution in [0.2, 0.25) is 0 Å². The van der Waals surface area contributed by atoms with Crippen LogP contribution in [0.15, 0.2) is 18.2 Å². The van der Waals surface area contributed by atoms with Crippen LogP contribution >= 0.6 is 0 Å². The Balaban J connectivity index is 1.55. The zero-order chi connectivity index (χ0) is 15.7. The molecule has 0 bridgehead atoms. The van der Waals surface area contributed by atoms with Crippen LogP contribution in [0.1, 0.15) is 36.8 Å². The Bertz CT molecular complexity index is 585. The van der Waals surface area contributed by atoms with Gasteiger partial charge in [0.15, 0.2) is 0 Å². The summed E-state index contributed by atoms with van der Waals surface area (Å²) in [5.74, 6) is 0.684. The van der Waals surface area contributed by atoms with E-state index in [9.17, 15) is 9.59 Å². The van der Waals surface area contributed by atoms with Crippen LogP contribution in [0.4, 0.5) is 5.69 Å². The van der Waals surface area contributed by atoms with Gasteiger partial charge in [0, 0.05) is 30.6 Å². The van der Waals surface area contributed by atoms with Crippen molar-refractivity contribution in [3.63, 3.8) is 0 Å². The second-order valence-electron chi connectivity index (χ2n) is 6.61. The highest BCUT2D eigenvalue weighted by molar-refractivity contribution is 5.93. The lowest BCUT2D eigenvalue weighted by atomic mass is 9.95. The Kier molecular flexibility index (Phi) is 4.19. The summed E-state index contributed by atoms with van der Waals surface area (Å²) in [6.45, 7) is 5.52. The molecule has 1 aromatic carbocycles. The smallest absolute Gasteiger partial charge is 0.227 e. The van der Waals surface area contributed by atoms with Crippen LogP contribution < -0.4 is 5.32 Å². The third kappa shape index (κ3) is 3.16. The Labute approximate surface area is 131 Å². The molecule has 0 atom stereocenters. The second kappa shape index (κ2) is 6.11. The maximum absolute atomic E-state index is 12.4. The van der Waals surface area contributed by atoms with E-state index in [1.54, 1.807) is 0 Å². The van der Waals surface area contributed by atoms with Gasteiger partial charge in [0.05, 0.1) is 0 Å². The number of likely N-dealkylation sites (tertiary alicyclic amines) is 1. The lowest BCUT2D eigenvalue weighted by molar-refractivity contribution is -0.135. The minimum Gasteiger partial charge on any atom is -0.342 e. The number of piperidine rings is 1. The maximum atomic E-state index is 12.4. The number of benzene rings is 1. The van der Waals surface area contributed by atoms with Gasteiger partial charge in [-0.1, -0.05) is 12.1 Å². The summed E-state index contributed by atoms with van der Waals surface area (Å²) in [6, 6.07) is 5.97. The number of amides is 2. The highest BCUT2D eigenvalue weighted by Crippen LogP contribution is 2.32. The Hall–Kier alpha value is -1.84. The second-order valence-corrected chi connectivity index (χ2v) is 6.61. The molecule has 1 N–H and O–H groups in total. The van der Waals surface area contributed by atoms with Gasteiger partial charge in [0.2, 0.25) is 11.8 Å². The molecule has 0 spiro atoms. The molecule has 1 aromatic rings. The summed E-state index contributed by atoms with van der Waals surface area (Å²) in [6.07, 6.45) is 3.64. The molecule has 1 saturated carbocycles. The van der Waals surface area contributed by atoms with Crippen molar-refractivity contribution in [3.8, 4) is 0 Å². The quantitative estimate of drug-likeness (QED) is 0.933. The third-order valence-corrected chi connectivity index (χ3v) is 4.97. The number of carbonyl (C=O) groups is 2. The van der Waals surface area contributed by atoms with E-state index < -0.39 is 0 Å². The summed E-state index contributed by atoms with van der Waals surface area (Å²) in [4.78, 5) is 26.4. The zero-order valence-electron chi connectivity index (χ0n) is 13.4. The number of nitrogens with zero attached hydrogens (tertiary/aromatic N) is 1. The molecule has 1 aliphatic carbocycles. The van der Waals surface area contributed by atoms with Gasteiger partial charge < -0.3 is 10.2 Å². The fourth-order valence-electron chi connectivity index (χ4n) is 3.07. The van der Waals surface area contributed by atoms with E-state index in [-0.39, 0.29) is 17.7 Å². The lowest BCUT2D eigenvalue weighted by Crippen LogP contribution is -2.42. The molecule has 0 aromatic heterocycles. The Morgan fingerprint density at radius 1 is 1.05 bits per heavy atom. The first kappa shape index (κ1) is 15.1. The largest absolute Gasteiger partial charge is 0.342 e. The van der Waals surface area contributed by atoms with Gasteiger partial charge in [0.25, 0.3) is 0 Å². The van der Waals surface area contributed by atoms with E-state index in [2.05, 4.69) is 5.32 Å². The molecule has 1 saturated heterocycles. The van der Waals surface area contributed by atoms with Crippen LogP contribution in [0.3, 0.4) is 0 Å². The van der Waals surface area contributed by atoms with Crippen molar-refractivity contribution in [1.82, 2.24) is 4.90 Å². The molecule has 3 rings (SSSR count). The number of nitrogens with one attached hydrogen (secondary N) is 1. The number of hydrogen-bond acceptors (Lipinski definition) is 2. The van der Waals surface area contributed by atoms with Gasteiger partial charge in [-0.3, -0.25) is 9.59 Å². The molecule has 0 radical (unpaired) electrons. The number of rotatable bonds is 3. The Morgan fingerprint density at radius 2 is 1.73 bits per heavy atom. The van der Waals surface area contributed by atoms with Gasteiger partial charge in [-0.2, -0.15) is 0 Å². The first-order chi connectivity index (χ1) is 10.6. The van der Waals surface area contributed by atoms with Crippen LogP contribution in [0, 0.1) is 25.7 Å². The highest BCUT2D eigenvalue weighted by Gasteiger charge is 2.35. The summed E-state index contributed by atoms with van der Waals surface area (Å²) >= 11 is 0. The molecule has 118 valence electrons. The van der Waals surface area contributed by atoms with Crippen LogP contribution in [-0.4, -0.2) is 29.8 Å². The molecule has 4 nitrogen and oxygen atoms in total. The molecule has 4 heteroatoms. The summed E-state index contributed by atoms with van der Waals surface area (Å²) in [5, 5.41) is 3.06. The van der Waals surface area contributed by atoms with Crippen LogP contribution in [0.5, 0.6) is 0 Å². The SMILES string of the molecule is Cc1cccc(NC(=O)C2CCN(C(=O)C3CC3)CC2)c1C. The summed E-state index contributed by atoms with van der Waals surface area (Å²) in [7, 11) is 0. The van der Waals surface area contributed by atoms with Gasteiger partial charge in [-0.25, -0.2) is 0 Å². The lowest BCUT2D eigenvalue weighted by Gasteiger charge is -2.31. The van der Waals surface area contributed by atoms with Gasteiger partial charge in [-0.05, 0) is 56.7 Å². The van der Waals surface area contributed by atoms with E-state index in [4.69, 9.17) is 0 Å². The number of carbonyl (C=O) groups excluding carboxylic acids is 2. The van der Waals surface area contributed by atoms with Crippen molar-refractivity contribution < 1.29 is 9.59 Å². The third-order valence-electron chi connectivity index (χ3n) is 4.97. The van der Waals surface area contributed by atoms with Crippen molar-refractivity contribution in [2.75, 3.05) is 18.4 Å². The minimum atomic E-state index is 0.0168. The van der Waals surface area contributed by atoms with Gasteiger partial charge in [0.1, 0.15) is 0 Å². The molecule has 2 aliphatic rings. The topological polar surface area (TPSA) is 49.4 Å². The van der Waals surface area contributed by atoms with Gasteiger partial charge >= 0.3 is 0 Å². The minimum absolute atomic E-state index is 0.0168. The predicted octanol–water partition coefficient (Wildman–Crippen LogP) is 2.89. The van der Waals surface area contributed by atoms with Crippen LogP contribution in [-0.2, 0) is 9.59 Å². The van der Waals surface area contributed by atoms with Crippen LogP contribution in [0.25, 0.3) is 0 Å².